The Hall–Kier alpha value is -0.490. The second-order valence-electron chi connectivity index (χ2n) is 4.14. The molecule has 3 nitrogen and oxygen atoms in total. The van der Waals surface area contributed by atoms with Crippen molar-refractivity contribution in [3.63, 3.8) is 0 Å². The van der Waals surface area contributed by atoms with Gasteiger partial charge in [-0.3, -0.25) is 11.3 Å². The smallest absolute Gasteiger partial charge is 0.126 e. The molecule has 0 saturated carbocycles. The first-order chi connectivity index (χ1) is 8.67. The first-order valence-electron chi connectivity index (χ1n) is 6.15. The van der Waals surface area contributed by atoms with Crippen LogP contribution < -0.4 is 11.3 Å². The second-order valence-corrected chi connectivity index (χ2v) is 5.06. The highest BCUT2D eigenvalue weighted by atomic mass is 79.9. The lowest BCUT2D eigenvalue weighted by molar-refractivity contribution is 0.140. The predicted molar refractivity (Wildman–Crippen MR) is 74.6 cm³/mol. The molecule has 0 bridgehead atoms. The van der Waals surface area contributed by atoms with E-state index in [-0.39, 0.29) is 11.9 Å². The van der Waals surface area contributed by atoms with E-state index in [9.17, 15) is 4.39 Å². The Morgan fingerprint density at radius 1 is 1.50 bits per heavy atom. The normalized spacial score (nSPS) is 12.7. The summed E-state index contributed by atoms with van der Waals surface area (Å²) >= 11 is 3.34. The van der Waals surface area contributed by atoms with Crippen LogP contribution in [-0.2, 0) is 11.2 Å². The molecule has 0 fully saturated rings. The zero-order valence-electron chi connectivity index (χ0n) is 10.6. The minimum atomic E-state index is -0.191. The second kappa shape index (κ2) is 8.58. The van der Waals surface area contributed by atoms with Crippen LogP contribution in [0.4, 0.5) is 4.39 Å². The van der Waals surface area contributed by atoms with Crippen molar-refractivity contribution in [1.82, 2.24) is 5.43 Å². The number of nitrogens with two attached hydrogens (primary N) is 1. The van der Waals surface area contributed by atoms with Gasteiger partial charge in [-0.15, -0.1) is 0 Å². The van der Waals surface area contributed by atoms with E-state index in [1.165, 1.54) is 6.07 Å². The number of hydrogen-bond donors (Lipinski definition) is 2. The van der Waals surface area contributed by atoms with Gasteiger partial charge in [0.15, 0.2) is 0 Å². The molecule has 0 spiro atoms. The third kappa shape index (κ3) is 5.44. The number of benzene rings is 1. The van der Waals surface area contributed by atoms with Gasteiger partial charge < -0.3 is 4.74 Å². The molecule has 1 rings (SSSR count). The molecule has 0 amide bonds. The average Bonchev–Trinajstić information content (AvgIpc) is 2.37. The molecule has 18 heavy (non-hydrogen) atoms. The molecule has 1 aromatic rings. The largest absolute Gasteiger partial charge is 0.382 e. The van der Waals surface area contributed by atoms with Crippen molar-refractivity contribution in [2.75, 3.05) is 13.2 Å². The fraction of sp³-hybridized carbons (Fsp3) is 0.538. The zero-order valence-corrected chi connectivity index (χ0v) is 12.2. The fourth-order valence-corrected chi connectivity index (χ4v) is 2.19. The van der Waals surface area contributed by atoms with Crippen molar-refractivity contribution in [2.24, 2.45) is 5.84 Å². The Labute approximate surface area is 116 Å². The third-order valence-corrected chi connectivity index (χ3v) is 3.25. The molecule has 3 N–H and O–H groups in total. The number of ether oxygens (including phenoxy) is 1. The van der Waals surface area contributed by atoms with Crippen LogP contribution in [0.2, 0.25) is 0 Å². The van der Waals surface area contributed by atoms with Gasteiger partial charge in [0.1, 0.15) is 5.82 Å². The van der Waals surface area contributed by atoms with Gasteiger partial charge in [0.05, 0.1) is 0 Å². The van der Waals surface area contributed by atoms with Crippen LogP contribution in [0.25, 0.3) is 0 Å². The Balaban J connectivity index is 2.48. The minimum absolute atomic E-state index is 0.0641. The van der Waals surface area contributed by atoms with E-state index in [0.29, 0.717) is 12.0 Å². The maximum Gasteiger partial charge on any atom is 0.126 e. The molecule has 1 unspecified atom stereocenters. The van der Waals surface area contributed by atoms with E-state index >= 15 is 0 Å². The van der Waals surface area contributed by atoms with Crippen LogP contribution in [0, 0.1) is 5.82 Å². The summed E-state index contributed by atoms with van der Waals surface area (Å²) in [6, 6.07) is 5.02. The highest BCUT2D eigenvalue weighted by Crippen LogP contribution is 2.18. The van der Waals surface area contributed by atoms with E-state index in [2.05, 4.69) is 21.4 Å². The Bertz CT molecular complexity index is 363. The van der Waals surface area contributed by atoms with E-state index in [0.717, 1.165) is 30.5 Å². The van der Waals surface area contributed by atoms with E-state index in [1.807, 2.05) is 6.92 Å². The molecule has 102 valence electrons. The van der Waals surface area contributed by atoms with E-state index < -0.39 is 0 Å². The number of hydrogen-bond acceptors (Lipinski definition) is 3. The maximum atomic E-state index is 13.6. The molecule has 0 heterocycles. The third-order valence-electron chi connectivity index (χ3n) is 2.76. The fourth-order valence-electron chi connectivity index (χ4n) is 1.79. The van der Waals surface area contributed by atoms with Gasteiger partial charge in [-0.2, -0.15) is 0 Å². The lowest BCUT2D eigenvalue weighted by atomic mass is 10.0. The van der Waals surface area contributed by atoms with E-state index in [1.54, 1.807) is 12.1 Å². The van der Waals surface area contributed by atoms with Crippen LogP contribution in [0.15, 0.2) is 22.7 Å². The van der Waals surface area contributed by atoms with Gasteiger partial charge in [-0.1, -0.05) is 15.9 Å². The molecular weight excluding hydrogens is 299 g/mol. The predicted octanol–water partition coefficient (Wildman–Crippen LogP) is 2.78. The molecule has 0 aliphatic carbocycles. The maximum absolute atomic E-state index is 13.6. The molecule has 1 atom stereocenters. The Morgan fingerprint density at radius 2 is 2.28 bits per heavy atom. The van der Waals surface area contributed by atoms with Crippen LogP contribution in [0.1, 0.15) is 25.3 Å². The van der Waals surface area contributed by atoms with Crippen molar-refractivity contribution < 1.29 is 9.13 Å². The summed E-state index contributed by atoms with van der Waals surface area (Å²) in [5.74, 6) is 5.31. The summed E-state index contributed by atoms with van der Waals surface area (Å²) < 4.78 is 19.7. The van der Waals surface area contributed by atoms with Crippen molar-refractivity contribution in [2.45, 2.75) is 32.2 Å². The van der Waals surface area contributed by atoms with Crippen LogP contribution in [-0.4, -0.2) is 19.3 Å². The first-order valence-corrected chi connectivity index (χ1v) is 6.94. The summed E-state index contributed by atoms with van der Waals surface area (Å²) in [5.41, 5.74) is 3.41. The lowest BCUT2D eigenvalue weighted by Crippen LogP contribution is -2.37. The SMILES string of the molecule is CCOCCCC(Cc1cc(Br)ccc1F)NN. The Morgan fingerprint density at radius 3 is 2.94 bits per heavy atom. The molecular formula is C13H20BrFN2O. The molecule has 0 aliphatic rings. The van der Waals surface area contributed by atoms with Crippen molar-refractivity contribution in [3.05, 3.63) is 34.1 Å². The van der Waals surface area contributed by atoms with Crippen molar-refractivity contribution in [3.8, 4) is 0 Å². The lowest BCUT2D eigenvalue weighted by Gasteiger charge is -2.16. The summed E-state index contributed by atoms with van der Waals surface area (Å²) in [5, 5.41) is 0. The highest BCUT2D eigenvalue weighted by Gasteiger charge is 2.11. The summed E-state index contributed by atoms with van der Waals surface area (Å²) in [7, 11) is 0. The van der Waals surface area contributed by atoms with Crippen LogP contribution in [0.3, 0.4) is 0 Å². The summed E-state index contributed by atoms with van der Waals surface area (Å²) in [6.07, 6.45) is 2.36. The van der Waals surface area contributed by atoms with Crippen LogP contribution in [0.5, 0.6) is 0 Å². The Kier molecular flexibility index (Phi) is 7.42. The molecule has 5 heteroatoms. The molecule has 0 aromatic heterocycles. The number of rotatable bonds is 8. The first kappa shape index (κ1) is 15.6. The van der Waals surface area contributed by atoms with Gasteiger partial charge >= 0.3 is 0 Å². The highest BCUT2D eigenvalue weighted by molar-refractivity contribution is 9.10. The van der Waals surface area contributed by atoms with Crippen LogP contribution >= 0.6 is 15.9 Å². The minimum Gasteiger partial charge on any atom is -0.382 e. The molecule has 1 aromatic carbocycles. The molecule has 0 saturated heterocycles. The standard InChI is InChI=1S/C13H20BrFN2O/c1-2-18-7-3-4-12(17-16)9-10-8-11(14)5-6-13(10)15/h5-6,8,12,17H,2-4,7,9,16H2,1H3. The zero-order chi connectivity index (χ0) is 13.4. The number of nitrogens with one attached hydrogen (secondary N) is 1. The summed E-state index contributed by atoms with van der Waals surface area (Å²) in [4.78, 5) is 0. The van der Waals surface area contributed by atoms with Gasteiger partial charge in [-0.05, 0) is 49.9 Å². The van der Waals surface area contributed by atoms with E-state index in [4.69, 9.17) is 10.6 Å². The number of hydrazine groups is 1. The number of halogens is 2. The topological polar surface area (TPSA) is 47.3 Å². The van der Waals surface area contributed by atoms with Gasteiger partial charge in [0.25, 0.3) is 0 Å². The average molecular weight is 319 g/mol. The van der Waals surface area contributed by atoms with Gasteiger partial charge in [-0.25, -0.2) is 4.39 Å². The van der Waals surface area contributed by atoms with Crippen molar-refractivity contribution in [1.29, 1.82) is 0 Å². The quantitative estimate of drug-likeness (QED) is 0.440. The monoisotopic (exact) mass is 318 g/mol. The van der Waals surface area contributed by atoms with Gasteiger partial charge in [0.2, 0.25) is 0 Å². The molecule has 0 radical (unpaired) electrons. The van der Waals surface area contributed by atoms with Crippen molar-refractivity contribution >= 4 is 15.9 Å². The molecule has 0 aliphatic heterocycles. The summed E-state index contributed by atoms with van der Waals surface area (Å²) in [6.45, 7) is 3.41. The van der Waals surface area contributed by atoms with Gasteiger partial charge in [0, 0.05) is 23.7 Å².